The number of rotatable bonds is 4. The van der Waals surface area contributed by atoms with E-state index >= 15 is 0 Å². The predicted octanol–water partition coefficient (Wildman–Crippen LogP) is 3.40. The van der Waals surface area contributed by atoms with E-state index in [2.05, 4.69) is 22.5 Å². The number of ether oxygens (including phenoxy) is 1. The summed E-state index contributed by atoms with van der Waals surface area (Å²) >= 11 is 0. The molecule has 2 aliphatic rings. The van der Waals surface area contributed by atoms with Crippen LogP contribution < -0.4 is 15.5 Å². The number of amides is 3. The molecule has 2 aliphatic heterocycles. The molecule has 9 nitrogen and oxygen atoms in total. The maximum Gasteiger partial charge on any atom is 0.319 e. The van der Waals surface area contributed by atoms with Gasteiger partial charge in [-0.25, -0.2) is 14.8 Å². The summed E-state index contributed by atoms with van der Waals surface area (Å²) in [5.74, 6) is 1.60. The van der Waals surface area contributed by atoms with Crippen molar-refractivity contribution in [3.8, 4) is 11.4 Å². The molecule has 1 unspecified atom stereocenters. The molecule has 2 aromatic rings. The number of nitrogens with one attached hydrogen (secondary N) is 2. The summed E-state index contributed by atoms with van der Waals surface area (Å²) in [5, 5.41) is 5.52. The molecule has 1 atom stereocenters. The van der Waals surface area contributed by atoms with Crippen LogP contribution in [0.5, 0.6) is 0 Å². The van der Waals surface area contributed by atoms with Crippen LogP contribution in [0.2, 0.25) is 0 Å². The van der Waals surface area contributed by atoms with Gasteiger partial charge in [0.25, 0.3) is 0 Å². The van der Waals surface area contributed by atoms with Crippen molar-refractivity contribution in [2.45, 2.75) is 53.8 Å². The molecular weight excluding hydrogens is 432 g/mol. The average Bonchev–Trinajstić information content (AvgIpc) is 3.22. The molecule has 9 heteroatoms. The lowest BCUT2D eigenvalue weighted by Gasteiger charge is -2.35. The highest BCUT2D eigenvalue weighted by Gasteiger charge is 2.36. The van der Waals surface area contributed by atoms with Crippen molar-refractivity contribution in [3.05, 3.63) is 35.5 Å². The Morgan fingerprint density at radius 3 is 2.53 bits per heavy atom. The van der Waals surface area contributed by atoms with Gasteiger partial charge in [0.05, 0.1) is 38.0 Å². The van der Waals surface area contributed by atoms with Crippen molar-refractivity contribution in [2.75, 3.05) is 36.5 Å². The first-order valence-corrected chi connectivity index (χ1v) is 11.9. The summed E-state index contributed by atoms with van der Waals surface area (Å²) in [5.41, 5.74) is 3.00. The highest BCUT2D eigenvalue weighted by atomic mass is 16.5. The van der Waals surface area contributed by atoms with E-state index in [9.17, 15) is 9.59 Å². The number of carbonyl (C=O) groups is 2. The van der Waals surface area contributed by atoms with E-state index in [1.165, 1.54) is 0 Å². The van der Waals surface area contributed by atoms with Gasteiger partial charge in [-0.2, -0.15) is 0 Å². The zero-order chi connectivity index (χ0) is 24.5. The molecule has 1 aromatic heterocycles. The third-order valence-electron chi connectivity index (χ3n) is 6.07. The van der Waals surface area contributed by atoms with Crippen LogP contribution in [0.25, 0.3) is 11.4 Å². The second-order valence-electron chi connectivity index (χ2n) is 9.89. The standard InChI is InChI=1S/C25H34N6O3/c1-6-26-24(33)27-18-9-7-17(8-10-18)21-28-20-14-30(23(32)25(3,4)5)13-19(20)22(29-21)31-11-12-34-15-16(31)2/h7-10,16H,6,11-15H2,1-5H3,(H2,26,27,33). The van der Waals surface area contributed by atoms with E-state index in [-0.39, 0.29) is 18.0 Å². The molecule has 0 radical (unpaired) electrons. The molecule has 0 saturated carbocycles. The lowest BCUT2D eigenvalue weighted by molar-refractivity contribution is -0.140. The number of morpholine rings is 1. The predicted molar refractivity (Wildman–Crippen MR) is 131 cm³/mol. The van der Waals surface area contributed by atoms with E-state index in [1.807, 2.05) is 56.9 Å². The van der Waals surface area contributed by atoms with Gasteiger partial charge in [0.15, 0.2) is 5.82 Å². The molecule has 0 bridgehead atoms. The summed E-state index contributed by atoms with van der Waals surface area (Å²) < 4.78 is 5.64. The van der Waals surface area contributed by atoms with Crippen LogP contribution >= 0.6 is 0 Å². The molecule has 3 heterocycles. The number of benzene rings is 1. The molecule has 182 valence electrons. The lowest BCUT2D eigenvalue weighted by Crippen LogP contribution is -2.44. The van der Waals surface area contributed by atoms with Gasteiger partial charge in [-0.05, 0) is 38.1 Å². The van der Waals surface area contributed by atoms with E-state index in [1.54, 1.807) is 0 Å². The van der Waals surface area contributed by atoms with Gasteiger partial charge >= 0.3 is 6.03 Å². The third-order valence-corrected chi connectivity index (χ3v) is 6.07. The Balaban J connectivity index is 1.68. The van der Waals surface area contributed by atoms with Gasteiger partial charge in [-0.3, -0.25) is 4.79 Å². The van der Waals surface area contributed by atoms with Crippen molar-refractivity contribution >= 4 is 23.4 Å². The maximum absolute atomic E-state index is 13.0. The van der Waals surface area contributed by atoms with Crippen molar-refractivity contribution in [3.63, 3.8) is 0 Å². The molecule has 1 saturated heterocycles. The number of fused-ring (bicyclic) bond motifs is 1. The molecule has 0 aliphatic carbocycles. The largest absolute Gasteiger partial charge is 0.377 e. The van der Waals surface area contributed by atoms with E-state index in [0.29, 0.717) is 44.4 Å². The first kappa shape index (κ1) is 23.9. The number of nitrogens with zero attached hydrogens (tertiary/aromatic N) is 4. The third kappa shape index (κ3) is 4.99. The quantitative estimate of drug-likeness (QED) is 0.717. The number of anilines is 2. The van der Waals surface area contributed by atoms with Crippen molar-refractivity contribution in [1.29, 1.82) is 0 Å². The second kappa shape index (κ2) is 9.58. The molecule has 0 spiro atoms. The molecular formula is C25H34N6O3. The van der Waals surface area contributed by atoms with E-state index < -0.39 is 5.41 Å². The van der Waals surface area contributed by atoms with Gasteiger partial charge in [-0.1, -0.05) is 20.8 Å². The number of hydrogen-bond donors (Lipinski definition) is 2. The van der Waals surface area contributed by atoms with Crippen LogP contribution in [-0.4, -0.2) is 59.2 Å². The molecule has 2 N–H and O–H groups in total. The number of hydrogen-bond acceptors (Lipinski definition) is 6. The Hall–Kier alpha value is -3.20. The van der Waals surface area contributed by atoms with Gasteiger partial charge in [-0.15, -0.1) is 0 Å². The highest BCUT2D eigenvalue weighted by Crippen LogP contribution is 2.35. The zero-order valence-electron chi connectivity index (χ0n) is 20.6. The monoisotopic (exact) mass is 466 g/mol. The Bertz CT molecular complexity index is 1060. The van der Waals surface area contributed by atoms with Crippen LogP contribution in [0.3, 0.4) is 0 Å². The first-order valence-electron chi connectivity index (χ1n) is 11.9. The fraction of sp³-hybridized carbons (Fsp3) is 0.520. The smallest absolute Gasteiger partial charge is 0.319 e. The zero-order valence-corrected chi connectivity index (χ0v) is 20.6. The number of urea groups is 1. The Kier molecular flexibility index (Phi) is 6.74. The maximum atomic E-state index is 13.0. The minimum Gasteiger partial charge on any atom is -0.377 e. The molecule has 1 fully saturated rings. The van der Waals surface area contributed by atoms with Crippen LogP contribution in [0.15, 0.2) is 24.3 Å². The van der Waals surface area contributed by atoms with E-state index in [0.717, 1.165) is 29.2 Å². The topological polar surface area (TPSA) is 99.7 Å². The van der Waals surface area contributed by atoms with Crippen molar-refractivity contribution < 1.29 is 14.3 Å². The normalized spacial score (nSPS) is 18.0. The number of aromatic nitrogens is 2. The first-order chi connectivity index (χ1) is 16.2. The Morgan fingerprint density at radius 2 is 1.88 bits per heavy atom. The van der Waals surface area contributed by atoms with Gasteiger partial charge < -0.3 is 25.2 Å². The van der Waals surface area contributed by atoms with Crippen LogP contribution in [0, 0.1) is 5.41 Å². The summed E-state index contributed by atoms with van der Waals surface area (Å²) in [6.07, 6.45) is 0. The second-order valence-corrected chi connectivity index (χ2v) is 9.89. The number of carbonyl (C=O) groups excluding carboxylic acids is 2. The summed E-state index contributed by atoms with van der Waals surface area (Å²) in [6.45, 7) is 13.4. The van der Waals surface area contributed by atoms with Crippen molar-refractivity contribution in [1.82, 2.24) is 20.2 Å². The van der Waals surface area contributed by atoms with Gasteiger partial charge in [0.1, 0.15) is 5.82 Å². The summed E-state index contributed by atoms with van der Waals surface area (Å²) in [4.78, 5) is 38.8. The van der Waals surface area contributed by atoms with Crippen LogP contribution in [0.1, 0.15) is 45.9 Å². The Morgan fingerprint density at radius 1 is 1.15 bits per heavy atom. The van der Waals surface area contributed by atoms with Gasteiger partial charge in [0, 0.05) is 35.3 Å². The molecule has 1 aromatic carbocycles. The van der Waals surface area contributed by atoms with Gasteiger partial charge in [0.2, 0.25) is 5.91 Å². The lowest BCUT2D eigenvalue weighted by atomic mass is 9.95. The molecule has 3 amide bonds. The average molecular weight is 467 g/mol. The highest BCUT2D eigenvalue weighted by molar-refractivity contribution is 5.89. The minimum atomic E-state index is -0.461. The fourth-order valence-electron chi connectivity index (χ4n) is 4.30. The fourth-order valence-corrected chi connectivity index (χ4v) is 4.30. The minimum absolute atomic E-state index is 0.105. The van der Waals surface area contributed by atoms with Crippen molar-refractivity contribution in [2.24, 2.45) is 5.41 Å². The Labute approximate surface area is 200 Å². The molecule has 4 rings (SSSR count). The summed E-state index contributed by atoms with van der Waals surface area (Å²) in [7, 11) is 0. The van der Waals surface area contributed by atoms with Crippen LogP contribution in [-0.2, 0) is 22.6 Å². The van der Waals surface area contributed by atoms with Crippen LogP contribution in [0.4, 0.5) is 16.3 Å². The van der Waals surface area contributed by atoms with E-state index in [4.69, 9.17) is 14.7 Å². The summed E-state index contributed by atoms with van der Waals surface area (Å²) in [6, 6.07) is 7.43. The molecule has 34 heavy (non-hydrogen) atoms. The SMILES string of the molecule is CCNC(=O)Nc1ccc(-c2nc3c(c(N4CCOCC4C)n2)CN(C(=O)C(C)(C)C)C3)cc1.